The Kier molecular flexibility index (Phi) is 8.43. The van der Waals surface area contributed by atoms with Crippen molar-refractivity contribution in [3.8, 4) is 17.1 Å². The molecule has 3 rings (SSSR count). The lowest BCUT2D eigenvalue weighted by Gasteiger charge is -2.25. The van der Waals surface area contributed by atoms with E-state index < -0.39 is 17.4 Å². The van der Waals surface area contributed by atoms with Crippen LogP contribution in [0.4, 0.5) is 0 Å². The Morgan fingerprint density at radius 3 is 2.33 bits per heavy atom. The lowest BCUT2D eigenvalue weighted by molar-refractivity contribution is -0.187. The van der Waals surface area contributed by atoms with E-state index in [9.17, 15) is 9.90 Å². The van der Waals surface area contributed by atoms with E-state index in [-0.39, 0.29) is 6.61 Å². The molecule has 1 saturated heterocycles. The number of aliphatic carboxylic acids is 1. The molecule has 2 atom stereocenters. The molecule has 7 nitrogen and oxygen atoms in total. The predicted molar refractivity (Wildman–Crippen MR) is 126 cm³/mol. The molecule has 7 heteroatoms. The average molecular weight is 457 g/mol. The van der Waals surface area contributed by atoms with Crippen molar-refractivity contribution in [2.24, 2.45) is 5.92 Å². The van der Waals surface area contributed by atoms with Crippen LogP contribution in [0.2, 0.25) is 0 Å². The quantitative estimate of drug-likeness (QED) is 0.417. The maximum absolute atomic E-state index is 12.0. The summed E-state index contributed by atoms with van der Waals surface area (Å²) in [5, 5.41) is 9.79. The minimum atomic E-state index is -1.51. The molecule has 0 spiro atoms. The number of carboxylic acid groups (broad SMARTS) is 1. The Hall–Kier alpha value is -2.51. The normalized spacial score (nSPS) is 20.5. The summed E-state index contributed by atoms with van der Waals surface area (Å²) in [7, 11) is 0. The molecule has 1 aliphatic rings. The average Bonchev–Trinajstić information content (AvgIpc) is 3.15. The number of ether oxygens (including phenoxy) is 3. The van der Waals surface area contributed by atoms with Gasteiger partial charge in [0, 0.05) is 18.0 Å². The summed E-state index contributed by atoms with van der Waals surface area (Å²) in [6.45, 7) is 8.55. The zero-order chi connectivity index (χ0) is 23.9. The molecular formula is C26H36N2O5. The minimum absolute atomic E-state index is 0.0400. The lowest BCUT2D eigenvalue weighted by atomic mass is 9.93. The molecule has 33 heavy (non-hydrogen) atoms. The van der Waals surface area contributed by atoms with Crippen molar-refractivity contribution in [2.45, 2.75) is 77.6 Å². The Morgan fingerprint density at radius 1 is 1.09 bits per heavy atom. The maximum Gasteiger partial charge on any atom is 0.343 e. The van der Waals surface area contributed by atoms with Gasteiger partial charge in [0.25, 0.3) is 0 Å². The third kappa shape index (κ3) is 6.51. The van der Waals surface area contributed by atoms with Gasteiger partial charge in [0.05, 0.1) is 13.2 Å². The number of rotatable bonds is 12. The number of unbranched alkanes of at least 4 members (excludes halogenated alkanes) is 3. The molecule has 180 valence electrons. The van der Waals surface area contributed by atoms with Gasteiger partial charge in [0.2, 0.25) is 5.60 Å². The van der Waals surface area contributed by atoms with E-state index in [1.54, 1.807) is 38.4 Å². The lowest BCUT2D eigenvalue weighted by Crippen LogP contribution is -2.39. The molecule has 0 bridgehead atoms. The number of carbonyl (C=O) groups is 1. The Labute approximate surface area is 196 Å². The van der Waals surface area contributed by atoms with Crippen LogP contribution in [0.5, 0.6) is 6.01 Å². The summed E-state index contributed by atoms with van der Waals surface area (Å²) in [5.74, 6) is -1.20. The van der Waals surface area contributed by atoms with Crippen LogP contribution < -0.4 is 4.74 Å². The summed E-state index contributed by atoms with van der Waals surface area (Å²) >= 11 is 0. The Balaban J connectivity index is 1.51. The van der Waals surface area contributed by atoms with Crippen LogP contribution in [0, 0.1) is 5.92 Å². The first-order valence-corrected chi connectivity index (χ1v) is 11.9. The summed E-state index contributed by atoms with van der Waals surface area (Å²) in [6, 6.07) is 7.55. The summed E-state index contributed by atoms with van der Waals surface area (Å²) in [4.78, 5) is 20.6. The van der Waals surface area contributed by atoms with Gasteiger partial charge in [-0.25, -0.2) is 14.8 Å². The molecule has 1 N–H and O–H groups in total. The minimum Gasteiger partial charge on any atom is -0.479 e. The fourth-order valence-corrected chi connectivity index (χ4v) is 3.91. The maximum atomic E-state index is 12.0. The van der Waals surface area contributed by atoms with E-state index in [1.165, 1.54) is 25.7 Å². The zero-order valence-corrected chi connectivity index (χ0v) is 20.2. The van der Waals surface area contributed by atoms with Gasteiger partial charge in [-0.05, 0) is 37.3 Å². The third-order valence-electron chi connectivity index (χ3n) is 6.22. The highest BCUT2D eigenvalue weighted by molar-refractivity contribution is 5.80. The number of carboxylic acids is 1. The number of hydrogen-bond acceptors (Lipinski definition) is 6. The van der Waals surface area contributed by atoms with E-state index in [0.717, 1.165) is 29.9 Å². The molecule has 0 unspecified atom stereocenters. The van der Waals surface area contributed by atoms with E-state index in [2.05, 4.69) is 23.8 Å². The van der Waals surface area contributed by atoms with Crippen LogP contribution in [-0.2, 0) is 19.9 Å². The van der Waals surface area contributed by atoms with Gasteiger partial charge < -0.3 is 19.3 Å². The van der Waals surface area contributed by atoms with Crippen LogP contribution in [-0.4, -0.2) is 40.0 Å². The van der Waals surface area contributed by atoms with E-state index in [1.807, 2.05) is 12.1 Å². The zero-order valence-electron chi connectivity index (χ0n) is 20.2. The number of hydrogen-bond donors (Lipinski definition) is 1. The molecule has 0 amide bonds. The third-order valence-corrected chi connectivity index (χ3v) is 6.22. The first kappa shape index (κ1) is 25.1. The van der Waals surface area contributed by atoms with E-state index >= 15 is 0 Å². The number of nitrogens with zero attached hydrogens (tertiary/aromatic N) is 2. The second kappa shape index (κ2) is 11.1. The Bertz CT molecular complexity index is 898. The molecule has 2 aromatic rings. The van der Waals surface area contributed by atoms with Gasteiger partial charge in [0.15, 0.2) is 5.79 Å². The Morgan fingerprint density at radius 2 is 1.76 bits per heavy atom. The van der Waals surface area contributed by atoms with Crippen molar-refractivity contribution in [3.63, 3.8) is 0 Å². The highest BCUT2D eigenvalue weighted by Crippen LogP contribution is 2.39. The predicted octanol–water partition coefficient (Wildman–Crippen LogP) is 5.58. The van der Waals surface area contributed by atoms with Gasteiger partial charge in [-0.15, -0.1) is 0 Å². The molecule has 1 aliphatic heterocycles. The molecule has 0 radical (unpaired) electrons. The topological polar surface area (TPSA) is 90.8 Å². The van der Waals surface area contributed by atoms with Gasteiger partial charge in [0.1, 0.15) is 0 Å². The van der Waals surface area contributed by atoms with Crippen molar-refractivity contribution < 1.29 is 24.1 Å². The second-order valence-electron chi connectivity index (χ2n) is 9.32. The van der Waals surface area contributed by atoms with Crippen LogP contribution in [0.3, 0.4) is 0 Å². The van der Waals surface area contributed by atoms with Gasteiger partial charge in [-0.3, -0.25) is 0 Å². The molecule has 1 aromatic carbocycles. The van der Waals surface area contributed by atoms with Crippen molar-refractivity contribution in [3.05, 3.63) is 42.2 Å². The summed E-state index contributed by atoms with van der Waals surface area (Å²) < 4.78 is 17.0. The summed E-state index contributed by atoms with van der Waals surface area (Å²) in [6.07, 6.45) is 10.7. The highest BCUT2D eigenvalue weighted by Gasteiger charge is 2.52. The number of benzene rings is 1. The SMILES string of the molecule is CC[C@H](C)CCCCCCOc1ncc(-c2ccc([C@]3(C(=O)O)COC(C)(C)O3)cc2)cn1. The van der Waals surface area contributed by atoms with Crippen LogP contribution >= 0.6 is 0 Å². The van der Waals surface area contributed by atoms with Crippen molar-refractivity contribution in [1.82, 2.24) is 9.97 Å². The van der Waals surface area contributed by atoms with Gasteiger partial charge >= 0.3 is 12.0 Å². The standard InChI is InChI=1S/C26H36N2O5/c1-5-19(2)10-8-6-7-9-15-31-24-27-16-21(17-28-24)20-11-13-22(14-12-20)26(23(29)30)18-32-25(3,4)33-26/h11-14,16-17,19H,5-10,15,18H2,1-4H3,(H,29,30)/t19-,26-/m0/s1. The first-order chi connectivity index (χ1) is 15.8. The van der Waals surface area contributed by atoms with Crippen molar-refractivity contribution in [1.29, 1.82) is 0 Å². The summed E-state index contributed by atoms with van der Waals surface area (Å²) in [5.41, 5.74) is 0.733. The molecular weight excluding hydrogens is 420 g/mol. The molecule has 2 heterocycles. The largest absolute Gasteiger partial charge is 0.479 e. The fourth-order valence-electron chi connectivity index (χ4n) is 3.91. The van der Waals surface area contributed by atoms with E-state index in [4.69, 9.17) is 14.2 Å². The van der Waals surface area contributed by atoms with Crippen LogP contribution in [0.1, 0.15) is 71.8 Å². The van der Waals surface area contributed by atoms with Crippen molar-refractivity contribution >= 4 is 5.97 Å². The smallest absolute Gasteiger partial charge is 0.343 e. The molecule has 1 fully saturated rings. The molecule has 0 saturated carbocycles. The van der Waals surface area contributed by atoms with E-state index in [0.29, 0.717) is 18.2 Å². The monoisotopic (exact) mass is 456 g/mol. The number of aromatic nitrogens is 2. The van der Waals surface area contributed by atoms with Crippen molar-refractivity contribution in [2.75, 3.05) is 13.2 Å². The highest BCUT2D eigenvalue weighted by atomic mass is 16.8. The molecule has 1 aromatic heterocycles. The van der Waals surface area contributed by atoms with Gasteiger partial charge in [-0.1, -0.05) is 70.2 Å². The second-order valence-corrected chi connectivity index (χ2v) is 9.32. The fraction of sp³-hybridized carbons (Fsp3) is 0.577. The van der Waals surface area contributed by atoms with Gasteiger partial charge in [-0.2, -0.15) is 0 Å². The first-order valence-electron chi connectivity index (χ1n) is 11.9. The molecule has 0 aliphatic carbocycles. The van der Waals surface area contributed by atoms with Crippen LogP contribution in [0.15, 0.2) is 36.7 Å². The van der Waals surface area contributed by atoms with Crippen LogP contribution in [0.25, 0.3) is 11.1 Å².